The molecule has 5 heterocycles. The molecule has 3 aromatic heterocycles. The number of rotatable bonds is 6. The summed E-state index contributed by atoms with van der Waals surface area (Å²) in [6.07, 6.45) is 3.87. The average molecular weight is 549 g/mol. The Kier molecular flexibility index (Phi) is 6.61. The van der Waals surface area contributed by atoms with Gasteiger partial charge in [0.25, 0.3) is 5.89 Å². The van der Waals surface area contributed by atoms with Crippen LogP contribution in [0.2, 0.25) is 0 Å². The number of ketones is 1. The first-order valence-corrected chi connectivity index (χ1v) is 13.6. The molecule has 11 nitrogen and oxygen atoms in total. The summed E-state index contributed by atoms with van der Waals surface area (Å²) in [5, 5.41) is 16.7. The number of anilines is 4. The van der Waals surface area contributed by atoms with Crippen molar-refractivity contribution in [1.82, 2.24) is 25.0 Å². The number of Topliss-reactive ketones (excluding diaryl/α,β-unsaturated/α-hetero) is 1. The summed E-state index contributed by atoms with van der Waals surface area (Å²) < 4.78 is 13.4. The van der Waals surface area contributed by atoms with Crippen molar-refractivity contribution in [2.24, 2.45) is 0 Å². The first-order chi connectivity index (χ1) is 20.2. The number of nitrogens with zero attached hydrogens (tertiary/aromatic N) is 7. The van der Waals surface area contributed by atoms with Gasteiger partial charge in [-0.2, -0.15) is 0 Å². The molecule has 0 radical (unpaired) electrons. The minimum atomic E-state index is -0.564. The van der Waals surface area contributed by atoms with Crippen molar-refractivity contribution < 1.29 is 13.9 Å². The molecule has 0 saturated carbocycles. The zero-order chi connectivity index (χ0) is 27.6. The number of pyridine rings is 1. The van der Waals surface area contributed by atoms with Gasteiger partial charge in [0, 0.05) is 43.3 Å². The molecule has 7 rings (SSSR count). The third-order valence-corrected chi connectivity index (χ3v) is 7.31. The third-order valence-electron chi connectivity index (χ3n) is 7.31. The first kappa shape index (κ1) is 25.0. The number of benzene rings is 2. The second kappa shape index (κ2) is 10.9. The third kappa shape index (κ3) is 5.03. The number of hydrogen-bond acceptors (Lipinski definition) is 10. The molecule has 0 amide bonds. The zero-order valence-electron chi connectivity index (χ0n) is 22.3. The highest BCUT2D eigenvalue weighted by Gasteiger charge is 2.31. The first-order valence-electron chi connectivity index (χ1n) is 13.6. The summed E-state index contributed by atoms with van der Waals surface area (Å²) in [6, 6.07) is 23.3. The fourth-order valence-corrected chi connectivity index (χ4v) is 5.27. The van der Waals surface area contributed by atoms with E-state index in [0.717, 1.165) is 16.9 Å². The van der Waals surface area contributed by atoms with Gasteiger partial charge < -0.3 is 24.3 Å². The fraction of sp³-hybridized carbons (Fsp3) is 0.233. The molecule has 2 aliphatic rings. The maximum atomic E-state index is 13.4. The quantitative estimate of drug-likeness (QED) is 0.335. The molecule has 2 aliphatic heterocycles. The zero-order valence-corrected chi connectivity index (χ0v) is 22.3. The molecule has 1 atom stereocenters. The lowest BCUT2D eigenvalue weighted by Gasteiger charge is -2.27. The highest BCUT2D eigenvalue weighted by atomic mass is 16.5. The largest absolute Gasteiger partial charge is 0.403 e. The minimum Gasteiger partial charge on any atom is -0.403 e. The van der Waals surface area contributed by atoms with E-state index < -0.39 is 6.04 Å². The predicted molar refractivity (Wildman–Crippen MR) is 154 cm³/mol. The molecule has 1 N–H and O–H groups in total. The van der Waals surface area contributed by atoms with Crippen LogP contribution >= 0.6 is 0 Å². The number of ether oxygens (including phenoxy) is 1. The summed E-state index contributed by atoms with van der Waals surface area (Å²) in [7, 11) is 0. The second-order valence-electron chi connectivity index (χ2n) is 9.93. The molecule has 1 saturated heterocycles. The number of carbonyl (C=O) groups is 1. The van der Waals surface area contributed by atoms with Crippen LogP contribution < -0.4 is 15.1 Å². The van der Waals surface area contributed by atoms with Gasteiger partial charge in [-0.3, -0.25) is 4.79 Å². The van der Waals surface area contributed by atoms with Crippen LogP contribution in [0.1, 0.15) is 5.56 Å². The van der Waals surface area contributed by atoms with Gasteiger partial charge in [-0.1, -0.05) is 47.6 Å². The maximum Gasteiger partial charge on any atom is 0.316 e. The number of para-hydroxylation sites is 2. The predicted octanol–water partition coefficient (Wildman–Crippen LogP) is 3.90. The number of carbonyl (C=O) groups excluding carboxylic acids is 1. The van der Waals surface area contributed by atoms with Crippen molar-refractivity contribution in [3.05, 3.63) is 90.8 Å². The molecule has 0 spiro atoms. The smallest absolute Gasteiger partial charge is 0.316 e. The van der Waals surface area contributed by atoms with E-state index in [1.807, 2.05) is 72.9 Å². The number of nitrogens with one attached hydrogen (secondary N) is 1. The number of fused-ring (bicyclic) bond motifs is 1. The molecule has 1 fully saturated rings. The van der Waals surface area contributed by atoms with Crippen LogP contribution in [0.15, 0.2) is 89.6 Å². The molecule has 0 unspecified atom stereocenters. The summed E-state index contributed by atoms with van der Waals surface area (Å²) in [4.78, 5) is 22.2. The standard InChI is InChI=1S/C30H28N8O3/c39-26-18-21-8-4-5-11-25(21)37(22-9-2-1-3-10-22)20-24(26)32-30-34-33-29(41-30)23-19-38(27-12-6-7-13-31-27)35-28(23)36-14-16-40-17-15-36/h1-13,19,24H,14-18,20H2,(H,32,34)/t24-/m0/s1. The van der Waals surface area contributed by atoms with Gasteiger partial charge >= 0.3 is 6.01 Å². The Hall–Kier alpha value is -5.03. The molecular weight excluding hydrogens is 520 g/mol. The van der Waals surface area contributed by atoms with Gasteiger partial charge in [-0.15, -0.1) is 10.2 Å². The monoisotopic (exact) mass is 548 g/mol. The van der Waals surface area contributed by atoms with Crippen molar-refractivity contribution in [3.63, 3.8) is 0 Å². The summed E-state index contributed by atoms with van der Waals surface area (Å²) in [5.74, 6) is 1.74. The number of morpholine rings is 1. The molecule has 2 aromatic carbocycles. The van der Waals surface area contributed by atoms with Crippen LogP contribution in [0, 0.1) is 0 Å². The van der Waals surface area contributed by atoms with Gasteiger partial charge in [-0.25, -0.2) is 9.67 Å². The Morgan fingerprint density at radius 1 is 0.902 bits per heavy atom. The lowest BCUT2D eigenvalue weighted by Crippen LogP contribution is -2.39. The van der Waals surface area contributed by atoms with E-state index in [0.29, 0.717) is 62.4 Å². The molecule has 11 heteroatoms. The van der Waals surface area contributed by atoms with Crippen molar-refractivity contribution in [2.75, 3.05) is 48.0 Å². The van der Waals surface area contributed by atoms with E-state index in [1.54, 1.807) is 10.9 Å². The van der Waals surface area contributed by atoms with E-state index >= 15 is 0 Å². The van der Waals surface area contributed by atoms with Crippen molar-refractivity contribution in [2.45, 2.75) is 12.5 Å². The molecule has 41 heavy (non-hydrogen) atoms. The van der Waals surface area contributed by atoms with Gasteiger partial charge in [0.2, 0.25) is 0 Å². The van der Waals surface area contributed by atoms with Gasteiger partial charge in [0.1, 0.15) is 11.6 Å². The van der Waals surface area contributed by atoms with Crippen LogP contribution in [-0.4, -0.2) is 69.6 Å². The van der Waals surface area contributed by atoms with E-state index in [2.05, 4.69) is 36.4 Å². The highest BCUT2D eigenvalue weighted by Crippen LogP contribution is 2.34. The van der Waals surface area contributed by atoms with E-state index in [-0.39, 0.29) is 11.8 Å². The summed E-state index contributed by atoms with van der Waals surface area (Å²) in [6.45, 7) is 3.01. The Morgan fingerprint density at radius 3 is 2.54 bits per heavy atom. The Labute approximate surface area is 236 Å². The van der Waals surface area contributed by atoms with Crippen LogP contribution in [0.3, 0.4) is 0 Å². The van der Waals surface area contributed by atoms with Crippen LogP contribution in [0.25, 0.3) is 17.3 Å². The number of aromatic nitrogens is 5. The van der Waals surface area contributed by atoms with Gasteiger partial charge in [0.05, 0.1) is 19.8 Å². The van der Waals surface area contributed by atoms with Crippen molar-refractivity contribution >= 4 is 29.0 Å². The van der Waals surface area contributed by atoms with Crippen LogP contribution in [-0.2, 0) is 16.0 Å². The summed E-state index contributed by atoms with van der Waals surface area (Å²) >= 11 is 0. The molecule has 0 bridgehead atoms. The summed E-state index contributed by atoms with van der Waals surface area (Å²) in [5.41, 5.74) is 3.68. The van der Waals surface area contributed by atoms with E-state index in [4.69, 9.17) is 14.3 Å². The van der Waals surface area contributed by atoms with Crippen LogP contribution in [0.4, 0.5) is 23.2 Å². The Balaban J connectivity index is 1.19. The molecule has 206 valence electrons. The SMILES string of the molecule is O=C1Cc2ccccc2N(c2ccccc2)C[C@@H]1Nc1nnc(-c2cn(-c3ccccn3)nc2N2CCOCC2)o1. The normalized spacial score (nSPS) is 17.3. The minimum absolute atomic E-state index is 0.0487. The Morgan fingerprint density at radius 2 is 1.71 bits per heavy atom. The highest BCUT2D eigenvalue weighted by molar-refractivity contribution is 5.92. The Bertz CT molecular complexity index is 1650. The molecular formula is C30H28N8O3. The number of hydrogen-bond donors (Lipinski definition) is 1. The van der Waals surface area contributed by atoms with Crippen LogP contribution in [0.5, 0.6) is 0 Å². The van der Waals surface area contributed by atoms with Crippen molar-refractivity contribution in [3.8, 4) is 17.3 Å². The second-order valence-corrected chi connectivity index (χ2v) is 9.93. The average Bonchev–Trinajstić information content (AvgIpc) is 3.65. The molecule has 5 aromatic rings. The van der Waals surface area contributed by atoms with E-state index in [1.165, 1.54) is 0 Å². The van der Waals surface area contributed by atoms with Gasteiger partial charge in [0.15, 0.2) is 17.4 Å². The lowest BCUT2D eigenvalue weighted by atomic mass is 10.0. The maximum absolute atomic E-state index is 13.4. The van der Waals surface area contributed by atoms with E-state index in [9.17, 15) is 4.79 Å². The van der Waals surface area contributed by atoms with Gasteiger partial charge in [-0.05, 0) is 35.9 Å². The molecule has 0 aliphatic carbocycles. The fourth-order valence-electron chi connectivity index (χ4n) is 5.27. The topological polar surface area (TPSA) is 114 Å². The van der Waals surface area contributed by atoms with Crippen molar-refractivity contribution in [1.29, 1.82) is 0 Å². The lowest BCUT2D eigenvalue weighted by molar-refractivity contribution is -0.118.